The maximum absolute atomic E-state index is 13.3. The highest BCUT2D eigenvalue weighted by Crippen LogP contribution is 2.51. The van der Waals surface area contributed by atoms with Crippen molar-refractivity contribution in [3.8, 4) is 5.75 Å². The highest BCUT2D eigenvalue weighted by molar-refractivity contribution is 7.90. The van der Waals surface area contributed by atoms with Crippen LogP contribution in [0.15, 0.2) is 71.6 Å². The molecule has 1 saturated heterocycles. The van der Waals surface area contributed by atoms with Gasteiger partial charge in [0.15, 0.2) is 0 Å². The van der Waals surface area contributed by atoms with Crippen molar-refractivity contribution in [2.75, 3.05) is 0 Å². The van der Waals surface area contributed by atoms with Gasteiger partial charge in [-0.3, -0.25) is 4.79 Å². The minimum atomic E-state index is -4.74. The Morgan fingerprint density at radius 2 is 1.75 bits per heavy atom. The number of carbonyl (C=O) groups is 1. The number of amides is 1. The van der Waals surface area contributed by atoms with Crippen molar-refractivity contribution in [2.24, 2.45) is 5.92 Å². The lowest BCUT2D eigenvalue weighted by atomic mass is 9.74. The number of halogens is 4. The Morgan fingerprint density at radius 1 is 1.02 bits per heavy atom. The number of fused-ring (bicyclic) bond motifs is 3. The first-order valence-electron chi connectivity index (χ1n) is 12.7. The number of benzene rings is 3. The summed E-state index contributed by atoms with van der Waals surface area (Å²) in [6, 6.07) is 13.8. The third-order valence-electron chi connectivity index (χ3n) is 7.42. The van der Waals surface area contributed by atoms with Gasteiger partial charge in [0.2, 0.25) is 0 Å². The van der Waals surface area contributed by atoms with Crippen LogP contribution >= 0.6 is 0 Å². The lowest BCUT2D eigenvalue weighted by molar-refractivity contribution is -0.149. The molecule has 212 valence electrons. The van der Waals surface area contributed by atoms with E-state index in [0.29, 0.717) is 23.8 Å². The molecule has 0 saturated carbocycles. The SMILES string of the molecule is CC1(C)Oc2ccc(C(=O)NS(=O)(=O)c3cccc(C(F)(F)F)c3)cc2[C@@H]2O[C@H](Cc3ccc(F)cc3)CC[C@H]21. The fourth-order valence-corrected chi connectivity index (χ4v) is 6.39. The molecule has 3 atom stereocenters. The molecule has 0 bridgehead atoms. The third-order valence-corrected chi connectivity index (χ3v) is 8.75. The van der Waals surface area contributed by atoms with Crippen molar-refractivity contribution >= 4 is 15.9 Å². The van der Waals surface area contributed by atoms with E-state index in [1.54, 1.807) is 18.2 Å². The monoisotopic (exact) mass is 577 g/mol. The van der Waals surface area contributed by atoms with Crippen LogP contribution in [0.3, 0.4) is 0 Å². The van der Waals surface area contributed by atoms with E-state index in [4.69, 9.17) is 9.47 Å². The number of rotatable bonds is 5. The maximum Gasteiger partial charge on any atom is 0.416 e. The van der Waals surface area contributed by atoms with Gasteiger partial charge >= 0.3 is 6.18 Å². The summed E-state index contributed by atoms with van der Waals surface area (Å²) in [5.74, 6) is -0.891. The molecule has 6 nitrogen and oxygen atoms in total. The minimum absolute atomic E-state index is 0.0133. The molecule has 40 heavy (non-hydrogen) atoms. The Morgan fingerprint density at radius 3 is 2.45 bits per heavy atom. The van der Waals surface area contributed by atoms with Crippen LogP contribution in [-0.2, 0) is 27.4 Å². The molecule has 0 spiro atoms. The van der Waals surface area contributed by atoms with Crippen molar-refractivity contribution in [1.82, 2.24) is 4.72 Å². The summed E-state index contributed by atoms with van der Waals surface area (Å²) >= 11 is 0. The highest BCUT2D eigenvalue weighted by atomic mass is 32.2. The van der Waals surface area contributed by atoms with Crippen LogP contribution in [-0.4, -0.2) is 26.0 Å². The quantitative estimate of drug-likeness (QED) is 0.365. The van der Waals surface area contributed by atoms with Crippen molar-refractivity contribution in [3.63, 3.8) is 0 Å². The van der Waals surface area contributed by atoms with E-state index in [9.17, 15) is 30.8 Å². The van der Waals surface area contributed by atoms with Crippen LogP contribution in [0.25, 0.3) is 0 Å². The van der Waals surface area contributed by atoms with Gasteiger partial charge in [-0.1, -0.05) is 18.2 Å². The molecule has 3 aromatic rings. The molecule has 0 radical (unpaired) electrons. The van der Waals surface area contributed by atoms with Crippen LogP contribution in [0.2, 0.25) is 0 Å². The summed E-state index contributed by atoms with van der Waals surface area (Å²) in [5.41, 5.74) is -0.232. The first-order valence-corrected chi connectivity index (χ1v) is 14.2. The average Bonchev–Trinajstić information content (AvgIpc) is 2.89. The number of nitrogens with one attached hydrogen (secondary N) is 1. The van der Waals surface area contributed by atoms with Gasteiger partial charge in [0, 0.05) is 17.0 Å². The standard InChI is InChI=1S/C29H27F4NO5S/c1-28(2)24-12-11-21(14-17-6-9-20(30)10-7-17)38-26(24)23-15-18(8-13-25(23)39-28)27(35)34-40(36,37)22-5-3-4-19(16-22)29(31,32)33/h3-10,13,15-16,21,24,26H,11-12,14H2,1-2H3,(H,34,35)/t21-,24+,26-/m0/s1. The summed E-state index contributed by atoms with van der Waals surface area (Å²) in [6.07, 6.45) is -3.29. The topological polar surface area (TPSA) is 81.7 Å². The predicted octanol–water partition coefficient (Wildman–Crippen LogP) is 6.21. The number of carbonyl (C=O) groups excluding carboxylic acids is 1. The van der Waals surface area contributed by atoms with Gasteiger partial charge < -0.3 is 9.47 Å². The largest absolute Gasteiger partial charge is 0.487 e. The van der Waals surface area contributed by atoms with Gasteiger partial charge in [0.25, 0.3) is 15.9 Å². The van der Waals surface area contributed by atoms with E-state index in [2.05, 4.69) is 0 Å². The second-order valence-electron chi connectivity index (χ2n) is 10.6. The number of hydrogen-bond donors (Lipinski definition) is 1. The van der Waals surface area contributed by atoms with Gasteiger partial charge in [0.1, 0.15) is 17.2 Å². The molecule has 2 heterocycles. The van der Waals surface area contributed by atoms with E-state index < -0.39 is 44.3 Å². The smallest absolute Gasteiger partial charge is 0.416 e. The molecule has 2 aliphatic rings. The molecule has 1 N–H and O–H groups in total. The molecule has 1 amide bonds. The Hall–Kier alpha value is -3.44. The van der Waals surface area contributed by atoms with Crippen molar-refractivity contribution in [3.05, 3.63) is 94.8 Å². The molecule has 1 fully saturated rings. The number of alkyl halides is 3. The van der Waals surface area contributed by atoms with Crippen molar-refractivity contribution in [1.29, 1.82) is 0 Å². The highest BCUT2D eigenvalue weighted by Gasteiger charge is 2.47. The van der Waals surface area contributed by atoms with Crippen LogP contribution in [0, 0.1) is 11.7 Å². The zero-order valence-electron chi connectivity index (χ0n) is 21.7. The van der Waals surface area contributed by atoms with E-state index in [0.717, 1.165) is 36.6 Å². The van der Waals surface area contributed by atoms with Crippen LogP contribution in [0.4, 0.5) is 17.6 Å². The zero-order chi connectivity index (χ0) is 28.9. The number of ether oxygens (including phenoxy) is 2. The lowest BCUT2D eigenvalue weighted by Gasteiger charge is -2.49. The Kier molecular flexibility index (Phi) is 7.16. The normalized spacial score (nSPS) is 22.0. The van der Waals surface area contributed by atoms with Crippen molar-refractivity contribution < 1.29 is 40.2 Å². The zero-order valence-corrected chi connectivity index (χ0v) is 22.5. The van der Waals surface area contributed by atoms with Crippen LogP contribution < -0.4 is 9.46 Å². The molecular weight excluding hydrogens is 550 g/mol. The van der Waals surface area contributed by atoms with E-state index in [1.807, 2.05) is 18.6 Å². The number of hydrogen-bond acceptors (Lipinski definition) is 5. The Bertz CT molecular complexity index is 1540. The second-order valence-corrected chi connectivity index (χ2v) is 12.3. The van der Waals surface area contributed by atoms with E-state index in [-0.39, 0.29) is 23.4 Å². The summed E-state index contributed by atoms with van der Waals surface area (Å²) < 4.78 is 92.7. The minimum Gasteiger partial charge on any atom is -0.487 e. The van der Waals surface area contributed by atoms with Crippen LogP contribution in [0.5, 0.6) is 5.75 Å². The second kappa shape index (κ2) is 10.2. The molecule has 0 aliphatic carbocycles. The Labute approximate surface area is 229 Å². The first-order chi connectivity index (χ1) is 18.7. The van der Waals surface area contributed by atoms with Gasteiger partial charge in [-0.2, -0.15) is 13.2 Å². The average molecular weight is 578 g/mol. The first kappa shape index (κ1) is 28.1. The summed E-state index contributed by atoms with van der Waals surface area (Å²) in [7, 11) is -4.59. The molecule has 0 unspecified atom stereocenters. The van der Waals surface area contributed by atoms with Crippen molar-refractivity contribution in [2.45, 2.75) is 62.0 Å². The lowest BCUT2D eigenvalue weighted by Crippen LogP contribution is -2.48. The molecule has 5 rings (SSSR count). The maximum atomic E-state index is 13.3. The third kappa shape index (κ3) is 5.71. The Balaban J connectivity index is 1.40. The van der Waals surface area contributed by atoms with E-state index in [1.165, 1.54) is 24.3 Å². The fourth-order valence-electron chi connectivity index (χ4n) is 5.37. The molecular formula is C29H27F4NO5S. The summed E-state index contributed by atoms with van der Waals surface area (Å²) in [5, 5.41) is 0. The van der Waals surface area contributed by atoms with Gasteiger partial charge in [-0.25, -0.2) is 17.5 Å². The number of sulfonamides is 1. The van der Waals surface area contributed by atoms with Gasteiger partial charge in [0.05, 0.1) is 22.7 Å². The van der Waals surface area contributed by atoms with Gasteiger partial charge in [-0.15, -0.1) is 0 Å². The van der Waals surface area contributed by atoms with Crippen LogP contribution in [0.1, 0.15) is 59.8 Å². The van der Waals surface area contributed by atoms with E-state index >= 15 is 0 Å². The van der Waals surface area contributed by atoms with Gasteiger partial charge in [-0.05, 0) is 87.2 Å². The molecule has 3 aromatic carbocycles. The summed E-state index contributed by atoms with van der Waals surface area (Å²) in [6.45, 7) is 3.92. The molecule has 11 heteroatoms. The predicted molar refractivity (Wildman–Crippen MR) is 138 cm³/mol. The molecule has 2 aliphatic heterocycles. The fraction of sp³-hybridized carbons (Fsp3) is 0.345. The molecule has 0 aromatic heterocycles. The summed E-state index contributed by atoms with van der Waals surface area (Å²) in [4.78, 5) is 12.3.